The first kappa shape index (κ1) is 10.8. The van der Waals surface area contributed by atoms with Crippen molar-refractivity contribution in [2.24, 2.45) is 5.73 Å². The third-order valence-corrected chi connectivity index (χ3v) is 2.76. The second kappa shape index (κ2) is 4.45. The summed E-state index contributed by atoms with van der Waals surface area (Å²) >= 11 is 4.92. The zero-order valence-electron chi connectivity index (χ0n) is 9.10. The molecule has 0 atom stereocenters. The smallest absolute Gasteiger partial charge is 0.103 e. The van der Waals surface area contributed by atoms with E-state index in [4.69, 9.17) is 18.0 Å². The first-order chi connectivity index (χ1) is 7.66. The Morgan fingerprint density at radius 2 is 1.69 bits per heavy atom. The molecule has 0 unspecified atom stereocenters. The van der Waals surface area contributed by atoms with Gasteiger partial charge in [0.15, 0.2) is 0 Å². The lowest BCUT2D eigenvalue weighted by Crippen LogP contribution is -2.08. The molecule has 0 amide bonds. The van der Waals surface area contributed by atoms with Crippen LogP contribution in [0.3, 0.4) is 0 Å². The molecule has 16 heavy (non-hydrogen) atoms. The minimum Gasteiger partial charge on any atom is -0.389 e. The SMILES string of the molecule is Cc1cccc(-c2ccc(C(N)=S)cc2)c1. The van der Waals surface area contributed by atoms with Gasteiger partial charge in [-0.2, -0.15) is 0 Å². The van der Waals surface area contributed by atoms with Crippen LogP contribution in [0.2, 0.25) is 0 Å². The largest absolute Gasteiger partial charge is 0.389 e. The number of nitrogens with two attached hydrogens (primary N) is 1. The van der Waals surface area contributed by atoms with Gasteiger partial charge in [0.05, 0.1) is 0 Å². The van der Waals surface area contributed by atoms with Crippen LogP contribution >= 0.6 is 12.2 Å². The van der Waals surface area contributed by atoms with Crippen molar-refractivity contribution >= 4 is 17.2 Å². The van der Waals surface area contributed by atoms with Gasteiger partial charge in [-0.05, 0) is 18.1 Å². The van der Waals surface area contributed by atoms with Gasteiger partial charge in [-0.1, -0.05) is 66.3 Å². The van der Waals surface area contributed by atoms with Crippen LogP contribution in [0, 0.1) is 6.92 Å². The van der Waals surface area contributed by atoms with Gasteiger partial charge in [0, 0.05) is 5.56 Å². The van der Waals surface area contributed by atoms with Crippen LogP contribution in [0.25, 0.3) is 11.1 Å². The molecule has 0 aliphatic carbocycles. The van der Waals surface area contributed by atoms with E-state index in [0.717, 1.165) is 5.56 Å². The van der Waals surface area contributed by atoms with E-state index in [1.165, 1.54) is 16.7 Å². The predicted molar refractivity (Wildman–Crippen MR) is 72.5 cm³/mol. The molecule has 2 rings (SSSR count). The molecule has 0 aromatic heterocycles. The third-order valence-electron chi connectivity index (χ3n) is 2.52. The highest BCUT2D eigenvalue weighted by atomic mass is 32.1. The highest BCUT2D eigenvalue weighted by Crippen LogP contribution is 2.20. The van der Waals surface area contributed by atoms with Gasteiger partial charge < -0.3 is 5.73 Å². The van der Waals surface area contributed by atoms with Crippen molar-refractivity contribution in [3.05, 3.63) is 59.7 Å². The predicted octanol–water partition coefficient (Wildman–Crippen LogP) is 3.30. The first-order valence-electron chi connectivity index (χ1n) is 5.14. The number of thiocarbonyl (C=S) groups is 1. The van der Waals surface area contributed by atoms with Gasteiger partial charge in [-0.25, -0.2) is 0 Å². The summed E-state index contributed by atoms with van der Waals surface area (Å²) in [6.45, 7) is 2.09. The lowest BCUT2D eigenvalue weighted by molar-refractivity contribution is 1.46. The van der Waals surface area contributed by atoms with Gasteiger partial charge in [-0.3, -0.25) is 0 Å². The average Bonchev–Trinajstić information content (AvgIpc) is 2.29. The number of hydrogen-bond donors (Lipinski definition) is 1. The molecular weight excluding hydrogens is 214 g/mol. The average molecular weight is 227 g/mol. The molecule has 0 saturated carbocycles. The zero-order valence-corrected chi connectivity index (χ0v) is 9.92. The standard InChI is InChI=1S/C14H13NS/c1-10-3-2-4-13(9-10)11-5-7-12(8-6-11)14(15)16/h2-9H,1H3,(H2,15,16). The Hall–Kier alpha value is -1.67. The summed E-state index contributed by atoms with van der Waals surface area (Å²) in [4.78, 5) is 0.441. The molecule has 0 heterocycles. The van der Waals surface area contributed by atoms with Crippen molar-refractivity contribution in [2.75, 3.05) is 0 Å². The van der Waals surface area contributed by atoms with E-state index in [0.29, 0.717) is 4.99 Å². The number of benzene rings is 2. The zero-order chi connectivity index (χ0) is 11.5. The molecule has 2 aromatic carbocycles. The van der Waals surface area contributed by atoms with Crippen molar-refractivity contribution in [2.45, 2.75) is 6.92 Å². The summed E-state index contributed by atoms with van der Waals surface area (Å²) in [5.41, 5.74) is 10.1. The molecule has 0 saturated heterocycles. The van der Waals surface area contributed by atoms with E-state index in [2.05, 4.69) is 31.2 Å². The summed E-state index contributed by atoms with van der Waals surface area (Å²) in [7, 11) is 0. The van der Waals surface area contributed by atoms with Crippen LogP contribution in [0.5, 0.6) is 0 Å². The molecular formula is C14H13NS. The molecule has 0 aliphatic heterocycles. The van der Waals surface area contributed by atoms with Crippen LogP contribution in [0.15, 0.2) is 48.5 Å². The van der Waals surface area contributed by atoms with Gasteiger partial charge in [0.1, 0.15) is 4.99 Å². The molecule has 0 fully saturated rings. The maximum absolute atomic E-state index is 5.56. The monoisotopic (exact) mass is 227 g/mol. The highest BCUT2D eigenvalue weighted by Gasteiger charge is 1.99. The van der Waals surface area contributed by atoms with Gasteiger partial charge in [0.2, 0.25) is 0 Å². The minimum atomic E-state index is 0.441. The van der Waals surface area contributed by atoms with Crippen LogP contribution < -0.4 is 5.73 Å². The van der Waals surface area contributed by atoms with Gasteiger partial charge >= 0.3 is 0 Å². The topological polar surface area (TPSA) is 26.0 Å². The van der Waals surface area contributed by atoms with Crippen molar-refractivity contribution in [3.8, 4) is 11.1 Å². The molecule has 0 aliphatic rings. The second-order valence-electron chi connectivity index (χ2n) is 3.81. The Morgan fingerprint density at radius 3 is 2.25 bits per heavy atom. The molecule has 0 radical (unpaired) electrons. The Bertz CT molecular complexity index is 515. The summed E-state index contributed by atoms with van der Waals surface area (Å²) in [5, 5.41) is 0. The highest BCUT2D eigenvalue weighted by molar-refractivity contribution is 7.80. The summed E-state index contributed by atoms with van der Waals surface area (Å²) in [6.07, 6.45) is 0. The fourth-order valence-corrected chi connectivity index (χ4v) is 1.79. The van der Waals surface area contributed by atoms with Crippen LogP contribution in [0.1, 0.15) is 11.1 Å². The maximum atomic E-state index is 5.56. The van der Waals surface area contributed by atoms with E-state index in [-0.39, 0.29) is 0 Å². The number of rotatable bonds is 2. The Kier molecular flexibility index (Phi) is 3.02. The lowest BCUT2D eigenvalue weighted by Gasteiger charge is -2.04. The molecule has 0 bridgehead atoms. The van der Waals surface area contributed by atoms with E-state index < -0.39 is 0 Å². The van der Waals surface area contributed by atoms with Crippen molar-refractivity contribution in [1.82, 2.24) is 0 Å². The molecule has 0 spiro atoms. The minimum absolute atomic E-state index is 0.441. The van der Waals surface area contributed by atoms with Gasteiger partial charge in [-0.15, -0.1) is 0 Å². The molecule has 80 valence electrons. The number of aryl methyl sites for hydroxylation is 1. The van der Waals surface area contributed by atoms with E-state index >= 15 is 0 Å². The Labute approximate surface area is 101 Å². The fourth-order valence-electron chi connectivity index (χ4n) is 1.65. The third kappa shape index (κ3) is 2.28. The summed E-state index contributed by atoms with van der Waals surface area (Å²) in [6, 6.07) is 16.4. The van der Waals surface area contributed by atoms with Gasteiger partial charge in [0.25, 0.3) is 0 Å². The van der Waals surface area contributed by atoms with Crippen LogP contribution in [-0.4, -0.2) is 4.99 Å². The molecule has 2 heteroatoms. The van der Waals surface area contributed by atoms with E-state index in [9.17, 15) is 0 Å². The quantitative estimate of drug-likeness (QED) is 0.797. The number of hydrogen-bond acceptors (Lipinski definition) is 1. The summed E-state index contributed by atoms with van der Waals surface area (Å²) in [5.74, 6) is 0. The lowest BCUT2D eigenvalue weighted by atomic mass is 10.0. The van der Waals surface area contributed by atoms with Crippen LogP contribution in [-0.2, 0) is 0 Å². The fraction of sp³-hybridized carbons (Fsp3) is 0.0714. The maximum Gasteiger partial charge on any atom is 0.103 e. The Morgan fingerprint density at radius 1 is 1.00 bits per heavy atom. The van der Waals surface area contributed by atoms with Crippen molar-refractivity contribution in [1.29, 1.82) is 0 Å². The van der Waals surface area contributed by atoms with Crippen LogP contribution in [0.4, 0.5) is 0 Å². The van der Waals surface area contributed by atoms with E-state index in [1.807, 2.05) is 24.3 Å². The molecule has 1 nitrogen and oxygen atoms in total. The second-order valence-corrected chi connectivity index (χ2v) is 4.25. The summed E-state index contributed by atoms with van der Waals surface area (Å²) < 4.78 is 0. The van der Waals surface area contributed by atoms with Crippen molar-refractivity contribution < 1.29 is 0 Å². The molecule has 2 N–H and O–H groups in total. The normalized spacial score (nSPS) is 10.1. The van der Waals surface area contributed by atoms with E-state index in [1.54, 1.807) is 0 Å². The van der Waals surface area contributed by atoms with Crippen molar-refractivity contribution in [3.63, 3.8) is 0 Å². The first-order valence-corrected chi connectivity index (χ1v) is 5.54. The Balaban J connectivity index is 2.38. The molecule has 2 aromatic rings.